The minimum atomic E-state index is 0.382. The Hall–Kier alpha value is -2.33. The molecule has 0 spiro atoms. The first-order valence-electron chi connectivity index (χ1n) is 11.2. The van der Waals surface area contributed by atoms with Crippen LogP contribution in [0.25, 0.3) is 10.9 Å². The van der Waals surface area contributed by atoms with E-state index in [4.69, 9.17) is 9.73 Å². The van der Waals surface area contributed by atoms with Crippen LogP contribution in [0.1, 0.15) is 49.7 Å². The molecule has 1 N–H and O–H groups in total. The van der Waals surface area contributed by atoms with E-state index in [0.29, 0.717) is 23.9 Å². The van der Waals surface area contributed by atoms with Gasteiger partial charge in [-0.15, -0.1) is 0 Å². The van der Waals surface area contributed by atoms with Crippen molar-refractivity contribution >= 4 is 16.6 Å². The molecule has 4 heteroatoms. The van der Waals surface area contributed by atoms with Gasteiger partial charge in [0.1, 0.15) is 0 Å². The summed E-state index contributed by atoms with van der Waals surface area (Å²) in [6.45, 7) is 4.57. The van der Waals surface area contributed by atoms with Gasteiger partial charge in [-0.2, -0.15) is 0 Å². The monoisotopic (exact) mass is 387 g/mol. The highest BCUT2D eigenvalue weighted by Gasteiger charge is 2.41. The Labute approximate surface area is 172 Å². The van der Waals surface area contributed by atoms with Crippen LogP contribution < -0.4 is 0 Å². The molecule has 2 aliphatic heterocycles. The highest BCUT2D eigenvalue weighted by atomic mass is 16.5. The van der Waals surface area contributed by atoms with Crippen molar-refractivity contribution < 1.29 is 4.74 Å². The van der Waals surface area contributed by atoms with Crippen molar-refractivity contribution in [3.63, 3.8) is 0 Å². The molecule has 150 valence electrons. The molecular weight excluding hydrogens is 358 g/mol. The van der Waals surface area contributed by atoms with Gasteiger partial charge in [0.05, 0.1) is 18.6 Å². The van der Waals surface area contributed by atoms with E-state index in [1.165, 1.54) is 53.6 Å². The number of aromatic amines is 1. The lowest BCUT2D eigenvalue weighted by atomic mass is 9.74. The molecule has 4 nitrogen and oxygen atoms in total. The number of nitrogens with zero attached hydrogens (tertiary/aromatic N) is 2. The molecule has 4 atom stereocenters. The van der Waals surface area contributed by atoms with Crippen molar-refractivity contribution in [3.8, 4) is 0 Å². The van der Waals surface area contributed by atoms with Gasteiger partial charge in [0.2, 0.25) is 0 Å². The molecule has 2 fully saturated rings. The predicted molar refractivity (Wildman–Crippen MR) is 117 cm³/mol. The van der Waals surface area contributed by atoms with Crippen LogP contribution in [0.3, 0.4) is 0 Å². The fourth-order valence-corrected chi connectivity index (χ4v) is 6.20. The van der Waals surface area contributed by atoms with E-state index in [9.17, 15) is 0 Å². The summed E-state index contributed by atoms with van der Waals surface area (Å²) in [5, 5.41) is 1.48. The Morgan fingerprint density at radius 3 is 3.17 bits per heavy atom. The standard InChI is InChI=1S/C25H29N3O/c1-2-9-28-14-18(27-22-7-6-16-15-29-10-8-19(16)22)12-21-20-4-3-5-23-25(20)17(13-26-23)11-24(21)28/h3-5,8,10,13,15,18-19,21,24,26H,2,6-7,9,11-12,14H2,1H3/t18?,19?,21-,24-/m1/s1. The third-order valence-electron chi connectivity index (χ3n) is 7.41. The fraction of sp³-hybridized carbons (Fsp3) is 0.480. The van der Waals surface area contributed by atoms with Gasteiger partial charge in [-0.25, -0.2) is 0 Å². The first kappa shape index (κ1) is 17.5. The molecule has 2 aromatic rings. The van der Waals surface area contributed by atoms with Crippen molar-refractivity contribution in [1.29, 1.82) is 0 Å². The average molecular weight is 388 g/mol. The first-order chi connectivity index (χ1) is 14.3. The number of ether oxygens (including phenoxy) is 1. The largest absolute Gasteiger partial charge is 0.473 e. The quantitative estimate of drug-likeness (QED) is 0.810. The van der Waals surface area contributed by atoms with Gasteiger partial charge in [0.25, 0.3) is 0 Å². The molecule has 1 saturated heterocycles. The number of benzene rings is 1. The number of likely N-dealkylation sites (tertiary alicyclic amines) is 1. The maximum absolute atomic E-state index is 5.39. The number of allylic oxidation sites excluding steroid dienone is 2. The molecule has 1 aromatic heterocycles. The van der Waals surface area contributed by atoms with Crippen molar-refractivity contribution in [2.45, 2.75) is 57.0 Å². The molecule has 0 bridgehead atoms. The van der Waals surface area contributed by atoms with Crippen LogP contribution in [0, 0.1) is 5.92 Å². The predicted octanol–water partition coefficient (Wildman–Crippen LogP) is 4.94. The molecule has 1 aromatic carbocycles. The van der Waals surface area contributed by atoms with Gasteiger partial charge in [-0.05, 0) is 67.5 Å². The number of aliphatic imine (C=N–C) groups is 1. The topological polar surface area (TPSA) is 40.6 Å². The van der Waals surface area contributed by atoms with E-state index in [2.05, 4.69) is 47.3 Å². The minimum Gasteiger partial charge on any atom is -0.473 e. The number of nitrogens with one attached hydrogen (secondary N) is 1. The van der Waals surface area contributed by atoms with Gasteiger partial charge in [-0.3, -0.25) is 9.89 Å². The summed E-state index contributed by atoms with van der Waals surface area (Å²) in [5.74, 6) is 0.963. The van der Waals surface area contributed by atoms with Crippen molar-refractivity contribution in [1.82, 2.24) is 9.88 Å². The second-order valence-electron chi connectivity index (χ2n) is 9.10. The number of H-pyrrole nitrogens is 1. The molecule has 2 aliphatic carbocycles. The van der Waals surface area contributed by atoms with E-state index in [1.54, 1.807) is 5.56 Å². The normalized spacial score (nSPS) is 32.2. The third kappa shape index (κ3) is 2.80. The minimum absolute atomic E-state index is 0.382. The molecule has 2 unspecified atom stereocenters. The Kier molecular flexibility index (Phi) is 4.15. The van der Waals surface area contributed by atoms with E-state index < -0.39 is 0 Å². The summed E-state index contributed by atoms with van der Waals surface area (Å²) < 4.78 is 5.39. The zero-order chi connectivity index (χ0) is 19.4. The molecule has 0 radical (unpaired) electrons. The van der Waals surface area contributed by atoms with Crippen LogP contribution in [0.4, 0.5) is 0 Å². The van der Waals surface area contributed by atoms with Crippen molar-refractivity contribution in [2.75, 3.05) is 13.1 Å². The van der Waals surface area contributed by atoms with E-state index in [0.717, 1.165) is 19.4 Å². The highest BCUT2D eigenvalue weighted by Crippen LogP contribution is 2.44. The highest BCUT2D eigenvalue weighted by molar-refractivity contribution is 5.94. The SMILES string of the molecule is CCCN1CC(N=C2CCC3=COC=CC32)C[C@@H]2c3cccc4[nH]cc(c34)C[C@H]21. The molecular formula is C25H29N3O. The zero-order valence-electron chi connectivity index (χ0n) is 17.1. The van der Waals surface area contributed by atoms with E-state index in [-0.39, 0.29) is 0 Å². The van der Waals surface area contributed by atoms with Crippen molar-refractivity contribution in [2.24, 2.45) is 10.9 Å². The lowest BCUT2D eigenvalue weighted by Gasteiger charge is -2.46. The summed E-state index contributed by atoms with van der Waals surface area (Å²) in [5.41, 5.74) is 7.10. The maximum atomic E-state index is 5.39. The Bertz CT molecular complexity index is 1030. The molecule has 4 aliphatic rings. The molecule has 0 amide bonds. The van der Waals surface area contributed by atoms with Gasteiger partial charge in [0.15, 0.2) is 0 Å². The van der Waals surface area contributed by atoms with Gasteiger partial charge in [0, 0.05) is 47.2 Å². The molecule has 29 heavy (non-hydrogen) atoms. The van der Waals surface area contributed by atoms with Crippen LogP contribution >= 0.6 is 0 Å². The number of hydrogen-bond donors (Lipinski definition) is 1. The zero-order valence-corrected chi connectivity index (χ0v) is 17.1. The van der Waals surface area contributed by atoms with Crippen LogP contribution in [-0.2, 0) is 11.2 Å². The molecule has 6 rings (SSSR count). The van der Waals surface area contributed by atoms with Gasteiger partial charge in [-0.1, -0.05) is 19.1 Å². The number of aromatic nitrogens is 1. The van der Waals surface area contributed by atoms with E-state index in [1.807, 2.05) is 12.5 Å². The Morgan fingerprint density at radius 1 is 1.28 bits per heavy atom. The summed E-state index contributed by atoms with van der Waals surface area (Å²) in [6.07, 6.45) is 13.9. The second-order valence-corrected chi connectivity index (χ2v) is 9.10. The summed E-state index contributed by atoms with van der Waals surface area (Å²) in [6, 6.07) is 7.82. The Morgan fingerprint density at radius 2 is 2.24 bits per heavy atom. The number of hydrogen-bond acceptors (Lipinski definition) is 3. The molecule has 3 heterocycles. The smallest absolute Gasteiger partial charge is 0.0903 e. The number of fused-ring (bicyclic) bond motifs is 3. The first-order valence-corrected chi connectivity index (χ1v) is 11.2. The molecule has 1 saturated carbocycles. The maximum Gasteiger partial charge on any atom is 0.0903 e. The van der Waals surface area contributed by atoms with Crippen LogP contribution in [0.15, 0.2) is 53.6 Å². The lowest BCUT2D eigenvalue weighted by molar-refractivity contribution is 0.111. The van der Waals surface area contributed by atoms with Crippen LogP contribution in [0.5, 0.6) is 0 Å². The van der Waals surface area contributed by atoms with Gasteiger partial charge >= 0.3 is 0 Å². The number of rotatable bonds is 3. The van der Waals surface area contributed by atoms with Crippen LogP contribution in [0.2, 0.25) is 0 Å². The summed E-state index contributed by atoms with van der Waals surface area (Å²) >= 11 is 0. The third-order valence-corrected chi connectivity index (χ3v) is 7.41. The van der Waals surface area contributed by atoms with E-state index >= 15 is 0 Å². The second kappa shape index (κ2) is 6.88. The Balaban J connectivity index is 1.36. The average Bonchev–Trinajstić information content (AvgIpc) is 3.35. The summed E-state index contributed by atoms with van der Waals surface area (Å²) in [4.78, 5) is 11.6. The van der Waals surface area contributed by atoms with Crippen molar-refractivity contribution in [3.05, 3.63) is 59.7 Å². The lowest BCUT2D eigenvalue weighted by Crippen LogP contribution is -2.51. The summed E-state index contributed by atoms with van der Waals surface area (Å²) in [7, 11) is 0. The number of piperidine rings is 1. The fourth-order valence-electron chi connectivity index (χ4n) is 6.20. The van der Waals surface area contributed by atoms with Gasteiger partial charge < -0.3 is 9.72 Å². The van der Waals surface area contributed by atoms with Crippen LogP contribution in [-0.4, -0.2) is 40.8 Å².